The lowest BCUT2D eigenvalue weighted by molar-refractivity contribution is 0.0997. The SMILES string of the molecule is COc1cc(CCCCc2cc(C)cc(N)n2)c(O)c(C(N)=O)c1. The van der Waals surface area contributed by atoms with Gasteiger partial charge in [-0.25, -0.2) is 4.98 Å². The Morgan fingerprint density at radius 1 is 1.21 bits per heavy atom. The molecule has 0 radical (unpaired) electrons. The van der Waals surface area contributed by atoms with Crippen molar-refractivity contribution in [3.05, 3.63) is 46.6 Å². The second-order valence-corrected chi connectivity index (χ2v) is 5.81. The number of nitrogens with zero attached hydrogens (tertiary/aromatic N) is 1. The van der Waals surface area contributed by atoms with Crippen LogP contribution in [0.4, 0.5) is 5.82 Å². The van der Waals surface area contributed by atoms with E-state index in [9.17, 15) is 9.90 Å². The third-order valence-electron chi connectivity index (χ3n) is 3.84. The lowest BCUT2D eigenvalue weighted by atomic mass is 10.0. The van der Waals surface area contributed by atoms with Crippen molar-refractivity contribution in [2.24, 2.45) is 5.73 Å². The minimum absolute atomic E-state index is 0.0683. The van der Waals surface area contributed by atoms with Crippen LogP contribution in [0.5, 0.6) is 11.5 Å². The molecule has 0 atom stereocenters. The number of rotatable bonds is 7. The molecule has 24 heavy (non-hydrogen) atoms. The number of pyridine rings is 1. The second kappa shape index (κ2) is 7.68. The normalized spacial score (nSPS) is 10.6. The van der Waals surface area contributed by atoms with Crippen LogP contribution in [0, 0.1) is 6.92 Å². The first-order valence-corrected chi connectivity index (χ1v) is 7.83. The molecule has 0 fully saturated rings. The summed E-state index contributed by atoms with van der Waals surface area (Å²) in [5, 5.41) is 10.2. The summed E-state index contributed by atoms with van der Waals surface area (Å²) in [7, 11) is 1.51. The van der Waals surface area contributed by atoms with Gasteiger partial charge in [-0.05, 0) is 68.0 Å². The van der Waals surface area contributed by atoms with Crippen molar-refractivity contribution < 1.29 is 14.6 Å². The Hall–Kier alpha value is -2.76. The number of aromatic hydroxyl groups is 1. The number of amides is 1. The van der Waals surface area contributed by atoms with Gasteiger partial charge >= 0.3 is 0 Å². The first-order chi connectivity index (χ1) is 11.4. The molecule has 1 aromatic carbocycles. The minimum Gasteiger partial charge on any atom is -0.507 e. The van der Waals surface area contributed by atoms with Crippen LogP contribution in [0.25, 0.3) is 0 Å². The van der Waals surface area contributed by atoms with E-state index < -0.39 is 5.91 Å². The quantitative estimate of drug-likeness (QED) is 0.675. The molecule has 1 aromatic heterocycles. The van der Waals surface area contributed by atoms with Crippen LogP contribution < -0.4 is 16.2 Å². The number of ether oxygens (including phenoxy) is 1. The molecule has 6 heteroatoms. The molecule has 0 saturated carbocycles. The minimum atomic E-state index is -0.674. The van der Waals surface area contributed by atoms with Crippen LogP contribution in [-0.2, 0) is 12.8 Å². The van der Waals surface area contributed by atoms with Gasteiger partial charge in [-0.3, -0.25) is 4.79 Å². The predicted molar refractivity (Wildman–Crippen MR) is 93.2 cm³/mol. The van der Waals surface area contributed by atoms with Crippen LogP contribution in [0.3, 0.4) is 0 Å². The molecule has 2 rings (SSSR count). The Morgan fingerprint density at radius 2 is 1.92 bits per heavy atom. The fourth-order valence-electron chi connectivity index (χ4n) is 2.68. The summed E-state index contributed by atoms with van der Waals surface area (Å²) in [4.78, 5) is 15.7. The summed E-state index contributed by atoms with van der Waals surface area (Å²) in [5.41, 5.74) is 13.8. The van der Waals surface area contributed by atoms with Gasteiger partial charge in [0.2, 0.25) is 0 Å². The Labute approximate surface area is 141 Å². The number of carbonyl (C=O) groups excluding carboxylic acids is 1. The van der Waals surface area contributed by atoms with Crippen molar-refractivity contribution in [1.29, 1.82) is 0 Å². The molecule has 0 aliphatic rings. The summed E-state index contributed by atoms with van der Waals surface area (Å²) in [6, 6.07) is 7.03. The Bertz CT molecular complexity index is 724. The third kappa shape index (κ3) is 4.38. The number of carbonyl (C=O) groups is 1. The van der Waals surface area contributed by atoms with Gasteiger partial charge in [0.1, 0.15) is 17.3 Å². The number of primary amides is 1. The van der Waals surface area contributed by atoms with E-state index in [-0.39, 0.29) is 11.3 Å². The number of hydrogen-bond acceptors (Lipinski definition) is 5. The van der Waals surface area contributed by atoms with E-state index in [2.05, 4.69) is 4.98 Å². The summed E-state index contributed by atoms with van der Waals surface area (Å²) < 4.78 is 5.16. The number of nitrogens with two attached hydrogens (primary N) is 2. The van der Waals surface area contributed by atoms with Crippen LogP contribution in [-0.4, -0.2) is 23.1 Å². The highest BCUT2D eigenvalue weighted by Gasteiger charge is 2.14. The van der Waals surface area contributed by atoms with E-state index in [1.807, 2.05) is 19.1 Å². The third-order valence-corrected chi connectivity index (χ3v) is 3.84. The fraction of sp³-hybridized carbons (Fsp3) is 0.333. The van der Waals surface area contributed by atoms with Crippen molar-refractivity contribution in [3.8, 4) is 11.5 Å². The molecule has 0 unspecified atom stereocenters. The van der Waals surface area contributed by atoms with E-state index in [4.69, 9.17) is 16.2 Å². The standard InChI is InChI=1S/C18H23N3O3/c1-11-7-13(21-16(19)8-11)6-4-3-5-12-9-14(24-2)10-15(17(12)22)18(20)23/h7-10,22H,3-6H2,1-2H3,(H2,19,21)(H2,20,23). The van der Waals surface area contributed by atoms with E-state index in [1.165, 1.54) is 13.2 Å². The van der Waals surface area contributed by atoms with Gasteiger partial charge in [0.05, 0.1) is 12.7 Å². The first kappa shape index (κ1) is 17.6. The van der Waals surface area contributed by atoms with Crippen LogP contribution in [0.15, 0.2) is 24.3 Å². The number of hydrogen-bond donors (Lipinski definition) is 3. The molecular weight excluding hydrogens is 306 g/mol. The molecule has 0 saturated heterocycles. The molecule has 0 bridgehead atoms. The van der Waals surface area contributed by atoms with Crippen molar-refractivity contribution in [1.82, 2.24) is 4.98 Å². The van der Waals surface area contributed by atoms with E-state index in [1.54, 1.807) is 6.07 Å². The average molecular weight is 329 g/mol. The molecule has 5 N–H and O–H groups in total. The van der Waals surface area contributed by atoms with Gasteiger partial charge in [-0.15, -0.1) is 0 Å². The number of aromatic nitrogens is 1. The maximum Gasteiger partial charge on any atom is 0.252 e. The summed E-state index contributed by atoms with van der Waals surface area (Å²) in [6.07, 6.45) is 3.14. The van der Waals surface area contributed by atoms with Crippen molar-refractivity contribution in [3.63, 3.8) is 0 Å². The second-order valence-electron chi connectivity index (χ2n) is 5.81. The Balaban J connectivity index is 2.01. The summed E-state index contributed by atoms with van der Waals surface area (Å²) >= 11 is 0. The molecule has 128 valence electrons. The number of unbranched alkanes of at least 4 members (excludes halogenated alkanes) is 1. The molecule has 2 aromatic rings. The molecule has 0 spiro atoms. The Kier molecular flexibility index (Phi) is 5.63. The van der Waals surface area contributed by atoms with Crippen molar-refractivity contribution in [2.45, 2.75) is 32.6 Å². The lowest BCUT2D eigenvalue weighted by Gasteiger charge is -2.11. The molecule has 6 nitrogen and oxygen atoms in total. The largest absolute Gasteiger partial charge is 0.507 e. The summed E-state index contributed by atoms with van der Waals surface area (Å²) in [6.45, 7) is 1.99. The van der Waals surface area contributed by atoms with Gasteiger partial charge in [0.25, 0.3) is 5.91 Å². The fourth-order valence-corrected chi connectivity index (χ4v) is 2.68. The van der Waals surface area contributed by atoms with Crippen molar-refractivity contribution >= 4 is 11.7 Å². The van der Waals surface area contributed by atoms with Gasteiger partial charge in [0.15, 0.2) is 0 Å². The zero-order valence-corrected chi connectivity index (χ0v) is 14.0. The van der Waals surface area contributed by atoms with E-state index >= 15 is 0 Å². The van der Waals surface area contributed by atoms with E-state index in [0.717, 1.165) is 30.5 Å². The Morgan fingerprint density at radius 3 is 2.54 bits per heavy atom. The number of anilines is 1. The van der Waals surface area contributed by atoms with Gasteiger partial charge < -0.3 is 21.3 Å². The topological polar surface area (TPSA) is 111 Å². The van der Waals surface area contributed by atoms with Gasteiger partial charge in [-0.1, -0.05) is 0 Å². The van der Waals surface area contributed by atoms with Gasteiger partial charge in [-0.2, -0.15) is 0 Å². The first-order valence-electron chi connectivity index (χ1n) is 7.83. The monoisotopic (exact) mass is 329 g/mol. The zero-order valence-electron chi connectivity index (χ0n) is 14.0. The molecule has 1 heterocycles. The number of nitrogen functional groups attached to an aromatic ring is 1. The van der Waals surface area contributed by atoms with Crippen LogP contribution in [0.2, 0.25) is 0 Å². The average Bonchev–Trinajstić information content (AvgIpc) is 2.51. The number of phenols is 1. The maximum atomic E-state index is 11.4. The lowest BCUT2D eigenvalue weighted by Crippen LogP contribution is -2.12. The number of benzene rings is 1. The summed E-state index contributed by atoms with van der Waals surface area (Å²) in [5.74, 6) is 0.291. The molecular formula is C18H23N3O3. The molecule has 0 aliphatic heterocycles. The predicted octanol–water partition coefficient (Wildman–Crippen LogP) is 2.35. The van der Waals surface area contributed by atoms with Crippen molar-refractivity contribution in [2.75, 3.05) is 12.8 Å². The number of methoxy groups -OCH3 is 1. The molecule has 0 aliphatic carbocycles. The highest BCUT2D eigenvalue weighted by molar-refractivity contribution is 5.96. The number of aryl methyl sites for hydroxylation is 3. The maximum absolute atomic E-state index is 11.4. The highest BCUT2D eigenvalue weighted by Crippen LogP contribution is 2.29. The van der Waals surface area contributed by atoms with E-state index in [0.29, 0.717) is 23.6 Å². The smallest absolute Gasteiger partial charge is 0.252 e. The molecule has 1 amide bonds. The van der Waals surface area contributed by atoms with Gasteiger partial charge in [0, 0.05) is 5.69 Å². The van der Waals surface area contributed by atoms with Crippen LogP contribution in [0.1, 0.15) is 40.0 Å². The zero-order chi connectivity index (χ0) is 17.7. The highest BCUT2D eigenvalue weighted by atomic mass is 16.5. The van der Waals surface area contributed by atoms with Crippen LogP contribution >= 0.6 is 0 Å².